The van der Waals surface area contributed by atoms with Crippen LogP contribution in [0.1, 0.15) is 19.3 Å². The Morgan fingerprint density at radius 1 is 1.13 bits per heavy atom. The first-order valence-electron chi connectivity index (χ1n) is 7.97. The summed E-state index contributed by atoms with van der Waals surface area (Å²) in [5.74, 6) is -0.831. The molecule has 2 aliphatic rings. The first kappa shape index (κ1) is 16.0. The van der Waals surface area contributed by atoms with Crippen LogP contribution < -0.4 is 4.90 Å². The summed E-state index contributed by atoms with van der Waals surface area (Å²) in [5, 5.41) is 0. The van der Waals surface area contributed by atoms with Crippen molar-refractivity contribution in [3.05, 3.63) is 30.3 Å². The van der Waals surface area contributed by atoms with Crippen LogP contribution in [-0.2, 0) is 19.1 Å². The molecule has 6 nitrogen and oxygen atoms in total. The van der Waals surface area contributed by atoms with Crippen LogP contribution in [-0.4, -0.2) is 55.9 Å². The molecule has 1 spiro atoms. The van der Waals surface area contributed by atoms with E-state index < -0.39 is 5.79 Å². The van der Waals surface area contributed by atoms with Crippen molar-refractivity contribution in [1.82, 2.24) is 4.90 Å². The summed E-state index contributed by atoms with van der Waals surface area (Å²) in [7, 11) is 1.69. The molecule has 0 N–H and O–H groups in total. The summed E-state index contributed by atoms with van der Waals surface area (Å²) in [5.41, 5.74) is 0.788. The molecule has 1 aromatic rings. The number of piperidine rings is 1. The Morgan fingerprint density at radius 2 is 1.74 bits per heavy atom. The maximum atomic E-state index is 12.3. The summed E-state index contributed by atoms with van der Waals surface area (Å²) < 4.78 is 11.3. The molecule has 0 atom stereocenters. The van der Waals surface area contributed by atoms with E-state index in [1.165, 1.54) is 4.90 Å². The number of rotatable bonds is 3. The van der Waals surface area contributed by atoms with E-state index in [9.17, 15) is 9.59 Å². The third kappa shape index (κ3) is 3.54. The van der Waals surface area contributed by atoms with Gasteiger partial charge in [0.25, 0.3) is 0 Å². The lowest BCUT2D eigenvalue weighted by Gasteiger charge is -2.37. The van der Waals surface area contributed by atoms with E-state index >= 15 is 0 Å². The largest absolute Gasteiger partial charge is 0.347 e. The molecule has 0 saturated carbocycles. The number of benzene rings is 1. The molecular formula is C17H22N2O4. The molecule has 2 saturated heterocycles. The van der Waals surface area contributed by atoms with E-state index in [0.29, 0.717) is 39.1 Å². The van der Waals surface area contributed by atoms with E-state index in [0.717, 1.165) is 5.69 Å². The third-order valence-corrected chi connectivity index (χ3v) is 4.51. The van der Waals surface area contributed by atoms with Gasteiger partial charge in [-0.05, 0) is 12.1 Å². The first-order valence-corrected chi connectivity index (χ1v) is 7.97. The molecule has 2 aliphatic heterocycles. The van der Waals surface area contributed by atoms with Crippen LogP contribution in [0.15, 0.2) is 30.3 Å². The van der Waals surface area contributed by atoms with Crippen LogP contribution in [0.3, 0.4) is 0 Å². The summed E-state index contributed by atoms with van der Waals surface area (Å²) in [6.45, 7) is 2.38. The molecule has 3 rings (SSSR count). The van der Waals surface area contributed by atoms with Gasteiger partial charge in [-0.1, -0.05) is 18.2 Å². The van der Waals surface area contributed by atoms with E-state index in [2.05, 4.69) is 0 Å². The summed E-state index contributed by atoms with van der Waals surface area (Å²) in [6.07, 6.45) is 1.23. The predicted molar refractivity (Wildman–Crippen MR) is 84.9 cm³/mol. The molecule has 0 aromatic heterocycles. The van der Waals surface area contributed by atoms with Crippen LogP contribution >= 0.6 is 0 Å². The molecule has 2 fully saturated rings. The maximum absolute atomic E-state index is 12.3. The molecule has 0 radical (unpaired) electrons. The number of likely N-dealkylation sites (tertiary alicyclic amines) is 1. The van der Waals surface area contributed by atoms with E-state index in [4.69, 9.17) is 9.47 Å². The van der Waals surface area contributed by atoms with E-state index in [-0.39, 0.29) is 18.2 Å². The average molecular weight is 318 g/mol. The van der Waals surface area contributed by atoms with Gasteiger partial charge >= 0.3 is 0 Å². The van der Waals surface area contributed by atoms with Gasteiger partial charge in [-0.25, -0.2) is 0 Å². The number of nitrogens with zero attached hydrogens (tertiary/aromatic N) is 2. The zero-order chi connectivity index (χ0) is 16.3. The molecule has 2 amide bonds. The van der Waals surface area contributed by atoms with Crippen LogP contribution in [0, 0.1) is 0 Å². The molecule has 0 aliphatic carbocycles. The minimum Gasteiger partial charge on any atom is -0.347 e. The second-order valence-electron chi connectivity index (χ2n) is 5.95. The Morgan fingerprint density at radius 3 is 2.35 bits per heavy atom. The van der Waals surface area contributed by atoms with E-state index in [1.54, 1.807) is 11.9 Å². The Kier molecular flexibility index (Phi) is 4.63. The van der Waals surface area contributed by atoms with Gasteiger partial charge in [0.15, 0.2) is 5.79 Å². The number of hydrogen-bond acceptors (Lipinski definition) is 4. The van der Waals surface area contributed by atoms with Crippen LogP contribution in [0.2, 0.25) is 0 Å². The fourth-order valence-corrected chi connectivity index (χ4v) is 3.04. The number of carbonyl (C=O) groups excluding carboxylic acids is 2. The average Bonchev–Trinajstić information content (AvgIpc) is 3.03. The smallest absolute Gasteiger partial charge is 0.236 e. The second-order valence-corrected chi connectivity index (χ2v) is 5.95. The van der Waals surface area contributed by atoms with Crippen molar-refractivity contribution >= 4 is 17.5 Å². The van der Waals surface area contributed by atoms with E-state index in [1.807, 2.05) is 30.3 Å². The highest BCUT2D eigenvalue weighted by atomic mass is 16.7. The highest BCUT2D eigenvalue weighted by Crippen LogP contribution is 2.31. The van der Waals surface area contributed by atoms with Gasteiger partial charge in [0.1, 0.15) is 6.42 Å². The molecule has 23 heavy (non-hydrogen) atoms. The summed E-state index contributed by atoms with van der Waals surface area (Å²) >= 11 is 0. The van der Waals surface area contributed by atoms with Crippen LogP contribution in [0.25, 0.3) is 0 Å². The van der Waals surface area contributed by atoms with Crippen molar-refractivity contribution in [1.29, 1.82) is 0 Å². The van der Waals surface area contributed by atoms with Crippen molar-refractivity contribution in [2.75, 3.05) is 38.3 Å². The minimum absolute atomic E-state index is 0.111. The second kappa shape index (κ2) is 6.68. The minimum atomic E-state index is -0.498. The SMILES string of the molecule is CN(C(=O)CC(=O)N1CCC2(CC1)OCCO2)c1ccccc1. The van der Waals surface area contributed by atoms with Crippen molar-refractivity contribution in [2.45, 2.75) is 25.0 Å². The number of amides is 2. The van der Waals surface area contributed by atoms with Gasteiger partial charge in [-0.15, -0.1) is 0 Å². The highest BCUT2D eigenvalue weighted by molar-refractivity contribution is 6.04. The van der Waals surface area contributed by atoms with Crippen LogP contribution in [0.5, 0.6) is 0 Å². The number of ether oxygens (including phenoxy) is 2. The normalized spacial score (nSPS) is 19.8. The lowest BCUT2D eigenvalue weighted by atomic mass is 10.0. The van der Waals surface area contributed by atoms with Crippen molar-refractivity contribution in [2.24, 2.45) is 0 Å². The highest BCUT2D eigenvalue weighted by Gasteiger charge is 2.40. The van der Waals surface area contributed by atoms with Crippen LogP contribution in [0.4, 0.5) is 5.69 Å². The van der Waals surface area contributed by atoms with Gasteiger partial charge in [0.2, 0.25) is 11.8 Å². The lowest BCUT2D eigenvalue weighted by molar-refractivity contribution is -0.187. The molecule has 0 unspecified atom stereocenters. The quantitative estimate of drug-likeness (QED) is 0.791. The van der Waals surface area contributed by atoms with Gasteiger partial charge < -0.3 is 19.3 Å². The molecule has 1 aromatic carbocycles. The zero-order valence-electron chi connectivity index (χ0n) is 13.4. The Bertz CT molecular complexity index is 559. The third-order valence-electron chi connectivity index (χ3n) is 4.51. The predicted octanol–water partition coefficient (Wildman–Crippen LogP) is 1.40. The molecule has 2 heterocycles. The van der Waals surface area contributed by atoms with Gasteiger partial charge in [-0.3, -0.25) is 9.59 Å². The Hall–Kier alpha value is -1.92. The summed E-state index contributed by atoms with van der Waals surface area (Å²) in [6, 6.07) is 9.33. The molecule has 124 valence electrons. The Labute approximate surface area is 136 Å². The fraction of sp³-hybridized carbons (Fsp3) is 0.529. The van der Waals surface area contributed by atoms with Crippen molar-refractivity contribution in [3.8, 4) is 0 Å². The zero-order valence-corrected chi connectivity index (χ0v) is 13.4. The topological polar surface area (TPSA) is 59.1 Å². The number of para-hydroxylation sites is 1. The molecule has 6 heteroatoms. The molecule has 0 bridgehead atoms. The lowest BCUT2D eigenvalue weighted by Crippen LogP contribution is -2.48. The van der Waals surface area contributed by atoms with Gasteiger partial charge in [0, 0.05) is 38.7 Å². The van der Waals surface area contributed by atoms with Crippen molar-refractivity contribution in [3.63, 3.8) is 0 Å². The van der Waals surface area contributed by atoms with Gasteiger partial charge in [-0.2, -0.15) is 0 Å². The molecular weight excluding hydrogens is 296 g/mol. The standard InChI is InChI=1S/C17H22N2O4/c1-18(14-5-3-2-4-6-14)15(20)13-16(21)19-9-7-17(8-10-19)22-11-12-23-17/h2-6H,7-13H2,1H3. The van der Waals surface area contributed by atoms with Gasteiger partial charge in [0.05, 0.1) is 13.2 Å². The monoisotopic (exact) mass is 318 g/mol. The number of hydrogen-bond donors (Lipinski definition) is 0. The number of anilines is 1. The first-order chi connectivity index (χ1) is 11.1. The maximum Gasteiger partial charge on any atom is 0.236 e. The number of carbonyl (C=O) groups is 2. The Balaban J connectivity index is 1.52. The summed E-state index contributed by atoms with van der Waals surface area (Å²) in [4.78, 5) is 27.9. The van der Waals surface area contributed by atoms with Crippen molar-refractivity contribution < 1.29 is 19.1 Å². The fourth-order valence-electron chi connectivity index (χ4n) is 3.04.